The van der Waals surface area contributed by atoms with Gasteiger partial charge >= 0.3 is 8.56 Å². The number of nitrogens with two attached hydrogens (primary N) is 1. The van der Waals surface area contributed by atoms with E-state index < -0.39 is 14.2 Å². The molecular weight excluding hydrogens is 250 g/mol. The molecule has 0 aliphatic carbocycles. The molecule has 0 aromatic rings. The predicted octanol–water partition coefficient (Wildman–Crippen LogP) is 0.984. The summed E-state index contributed by atoms with van der Waals surface area (Å²) in [6.07, 6.45) is 1.88. The Hall–Kier alpha value is 0.0169. The average Bonchev–Trinajstić information content (AvgIpc) is 2.27. The van der Waals surface area contributed by atoms with Gasteiger partial charge < -0.3 is 24.8 Å². The highest BCUT2D eigenvalue weighted by Crippen LogP contribution is 2.28. The predicted molar refractivity (Wildman–Crippen MR) is 74.6 cm³/mol. The van der Waals surface area contributed by atoms with Crippen molar-refractivity contribution in [3.8, 4) is 0 Å². The molecule has 0 saturated heterocycles. The fourth-order valence-electron chi connectivity index (χ4n) is 2.10. The van der Waals surface area contributed by atoms with E-state index >= 15 is 0 Å². The zero-order valence-electron chi connectivity index (χ0n) is 11.9. The second kappa shape index (κ2) is 9.01. The second-order valence-electron chi connectivity index (χ2n) is 4.96. The summed E-state index contributed by atoms with van der Waals surface area (Å²) >= 11 is 0. The molecule has 5 nitrogen and oxygen atoms in total. The molecule has 0 amide bonds. The Kier molecular flexibility index (Phi) is 9.01. The van der Waals surface area contributed by atoms with Gasteiger partial charge in [0.2, 0.25) is 0 Å². The molecule has 0 aromatic carbocycles. The van der Waals surface area contributed by atoms with Crippen LogP contribution < -0.4 is 5.73 Å². The minimum atomic E-state index is -2.28. The molecule has 4 N–H and O–H groups in total. The van der Waals surface area contributed by atoms with Crippen molar-refractivity contribution < 1.29 is 19.1 Å². The summed E-state index contributed by atoms with van der Waals surface area (Å²) in [6, 6.07) is 0.837. The molecule has 1 unspecified atom stereocenters. The Balaban J connectivity index is 4.67. The lowest BCUT2D eigenvalue weighted by atomic mass is 9.99. The van der Waals surface area contributed by atoms with E-state index in [4.69, 9.17) is 24.8 Å². The first kappa shape index (κ1) is 18.0. The smallest absolute Gasteiger partial charge is 0.335 e. The van der Waals surface area contributed by atoms with Crippen LogP contribution in [-0.2, 0) is 8.85 Å². The van der Waals surface area contributed by atoms with E-state index in [2.05, 4.69) is 0 Å². The molecule has 0 rings (SSSR count). The summed E-state index contributed by atoms with van der Waals surface area (Å²) in [5, 5.41) is 18.2. The van der Waals surface area contributed by atoms with Crippen LogP contribution in [0, 0.1) is 0 Å². The summed E-state index contributed by atoms with van der Waals surface area (Å²) < 4.78 is 12.0. The number of aliphatic hydroxyl groups excluding tert-OH is 2. The van der Waals surface area contributed by atoms with Crippen molar-refractivity contribution in [3.63, 3.8) is 0 Å². The Morgan fingerprint density at radius 1 is 1.22 bits per heavy atom. The first-order chi connectivity index (χ1) is 8.45. The molecule has 0 radical (unpaired) electrons. The highest BCUT2D eigenvalue weighted by Gasteiger charge is 2.38. The van der Waals surface area contributed by atoms with Gasteiger partial charge in [-0.2, -0.15) is 0 Å². The first-order valence-electron chi connectivity index (χ1n) is 6.71. The quantitative estimate of drug-likeness (QED) is 0.491. The van der Waals surface area contributed by atoms with Gasteiger partial charge in [-0.25, -0.2) is 0 Å². The molecule has 110 valence electrons. The van der Waals surface area contributed by atoms with Crippen molar-refractivity contribution in [2.75, 3.05) is 26.4 Å². The van der Waals surface area contributed by atoms with Gasteiger partial charge in [-0.15, -0.1) is 0 Å². The van der Waals surface area contributed by atoms with Crippen LogP contribution in [0.5, 0.6) is 0 Å². The van der Waals surface area contributed by atoms with E-state index in [9.17, 15) is 0 Å². The molecule has 18 heavy (non-hydrogen) atoms. The van der Waals surface area contributed by atoms with E-state index in [0.717, 1.165) is 12.5 Å². The molecule has 0 aliphatic heterocycles. The molecule has 0 saturated carbocycles. The van der Waals surface area contributed by atoms with Gasteiger partial charge in [0.25, 0.3) is 0 Å². The van der Waals surface area contributed by atoms with E-state index in [1.54, 1.807) is 0 Å². The number of hydrogen-bond donors (Lipinski definition) is 3. The third-order valence-electron chi connectivity index (χ3n) is 3.03. The molecule has 0 bridgehead atoms. The minimum Gasteiger partial charge on any atom is -0.396 e. The summed E-state index contributed by atoms with van der Waals surface area (Å²) in [4.78, 5) is 0. The lowest BCUT2D eigenvalue weighted by Gasteiger charge is -2.38. The number of hydrogen-bond acceptors (Lipinski definition) is 5. The first-order valence-corrected chi connectivity index (χ1v) is 9.23. The van der Waals surface area contributed by atoms with Crippen molar-refractivity contribution in [2.24, 2.45) is 5.73 Å². The molecule has 1 atom stereocenters. The molecule has 0 fully saturated rings. The summed E-state index contributed by atoms with van der Waals surface area (Å²) in [5.41, 5.74) is 5.02. The van der Waals surface area contributed by atoms with Gasteiger partial charge in [0, 0.05) is 19.8 Å². The molecular formula is C12H29NO4Si. The van der Waals surface area contributed by atoms with Crippen molar-refractivity contribution in [1.82, 2.24) is 0 Å². The third kappa shape index (κ3) is 6.82. The van der Waals surface area contributed by atoms with E-state index in [0.29, 0.717) is 26.0 Å². The van der Waals surface area contributed by atoms with E-state index in [1.165, 1.54) is 0 Å². The van der Waals surface area contributed by atoms with Gasteiger partial charge in [0.1, 0.15) is 0 Å². The van der Waals surface area contributed by atoms with Crippen LogP contribution in [0.15, 0.2) is 0 Å². The van der Waals surface area contributed by atoms with Crippen molar-refractivity contribution in [1.29, 1.82) is 0 Å². The van der Waals surface area contributed by atoms with Crippen LogP contribution in [0.2, 0.25) is 12.6 Å². The summed E-state index contributed by atoms with van der Waals surface area (Å²) in [6.45, 7) is 7.23. The Morgan fingerprint density at radius 2 is 1.78 bits per heavy atom. The van der Waals surface area contributed by atoms with Crippen LogP contribution >= 0.6 is 0 Å². The third-order valence-corrected chi connectivity index (χ3v) is 6.11. The molecule has 0 aromatic heterocycles. The molecule has 6 heteroatoms. The van der Waals surface area contributed by atoms with Crippen molar-refractivity contribution in [2.45, 2.75) is 51.3 Å². The highest BCUT2D eigenvalue weighted by atomic mass is 28.4. The lowest BCUT2D eigenvalue weighted by Crippen LogP contribution is -2.48. The second-order valence-corrected chi connectivity index (χ2v) is 8.22. The number of rotatable bonds is 11. The van der Waals surface area contributed by atoms with Gasteiger partial charge in [-0.05, 0) is 52.2 Å². The van der Waals surface area contributed by atoms with Crippen LogP contribution in [-0.4, -0.2) is 50.7 Å². The van der Waals surface area contributed by atoms with Crippen LogP contribution in [0.4, 0.5) is 0 Å². The molecule has 0 aliphatic rings. The topological polar surface area (TPSA) is 84.9 Å². The van der Waals surface area contributed by atoms with Gasteiger partial charge in [-0.3, -0.25) is 0 Å². The molecule has 0 heterocycles. The average molecular weight is 279 g/mol. The Bertz CT molecular complexity index is 212. The monoisotopic (exact) mass is 279 g/mol. The summed E-state index contributed by atoms with van der Waals surface area (Å²) in [5.74, 6) is 0. The maximum Gasteiger partial charge on any atom is 0.335 e. The lowest BCUT2D eigenvalue weighted by molar-refractivity contribution is -0.000240. The van der Waals surface area contributed by atoms with Gasteiger partial charge in [0.15, 0.2) is 0 Å². The fourth-order valence-corrected chi connectivity index (χ4v) is 5.11. The fraction of sp³-hybridized carbons (Fsp3) is 1.00. The Labute approximate surface area is 112 Å². The summed E-state index contributed by atoms with van der Waals surface area (Å²) in [7, 11) is -2.28. The highest BCUT2D eigenvalue weighted by molar-refractivity contribution is 6.66. The van der Waals surface area contributed by atoms with E-state index in [-0.39, 0.29) is 13.2 Å². The molecule has 0 spiro atoms. The van der Waals surface area contributed by atoms with E-state index in [1.807, 2.05) is 20.4 Å². The maximum atomic E-state index is 9.12. The largest absolute Gasteiger partial charge is 0.396 e. The SMILES string of the molecule is CCO[Si](C)(CCCN)OC(C)(CCO)CCO. The van der Waals surface area contributed by atoms with Crippen LogP contribution in [0.25, 0.3) is 0 Å². The van der Waals surface area contributed by atoms with Gasteiger partial charge in [0.05, 0.1) is 5.60 Å². The number of aliphatic hydroxyl groups is 2. The zero-order chi connectivity index (χ0) is 14.1. The van der Waals surface area contributed by atoms with Gasteiger partial charge in [-0.1, -0.05) is 0 Å². The van der Waals surface area contributed by atoms with Crippen molar-refractivity contribution >= 4 is 8.56 Å². The van der Waals surface area contributed by atoms with Crippen molar-refractivity contribution in [3.05, 3.63) is 0 Å². The standard InChI is InChI=1S/C12H29NO4Si/c1-4-16-18(3,11-5-8-13)17-12(2,6-9-14)7-10-15/h14-15H,4-11,13H2,1-3H3. The zero-order valence-corrected chi connectivity index (χ0v) is 12.9. The maximum absolute atomic E-state index is 9.12. The normalized spacial score (nSPS) is 15.7. The van der Waals surface area contributed by atoms with Crippen LogP contribution in [0.3, 0.4) is 0 Å². The Morgan fingerprint density at radius 3 is 2.17 bits per heavy atom. The minimum absolute atomic E-state index is 0.0456. The van der Waals surface area contributed by atoms with Crippen LogP contribution in [0.1, 0.15) is 33.1 Å².